The smallest absolute Gasteiger partial charge is 0.0443 e. The van der Waals surface area contributed by atoms with E-state index >= 15 is 0 Å². The van der Waals surface area contributed by atoms with Crippen molar-refractivity contribution in [3.8, 4) is 0 Å². The van der Waals surface area contributed by atoms with Crippen molar-refractivity contribution in [1.29, 1.82) is 0 Å². The van der Waals surface area contributed by atoms with Crippen LogP contribution >= 0.6 is 0 Å². The van der Waals surface area contributed by atoms with Crippen LogP contribution in [0.5, 0.6) is 0 Å². The molecule has 0 aliphatic heterocycles. The fourth-order valence-corrected chi connectivity index (χ4v) is 3.22. The first kappa shape index (κ1) is 14.9. The van der Waals surface area contributed by atoms with Crippen molar-refractivity contribution in [2.75, 3.05) is 26.2 Å². The summed E-state index contributed by atoms with van der Waals surface area (Å²) in [5.41, 5.74) is 5.93. The molecule has 0 aromatic carbocycles. The van der Waals surface area contributed by atoms with Gasteiger partial charge in [-0.3, -0.25) is 0 Å². The molecule has 3 unspecified atom stereocenters. The maximum absolute atomic E-state index is 8.98. The number of nitrogens with two attached hydrogens (primary N) is 1. The summed E-state index contributed by atoms with van der Waals surface area (Å²) in [6.07, 6.45) is 6.13. The first-order valence-electron chi connectivity index (χ1n) is 7.31. The van der Waals surface area contributed by atoms with Crippen LogP contribution in [-0.2, 0) is 0 Å². The Bertz CT molecular complexity index is 199. The molecule has 0 radical (unpaired) electrons. The Morgan fingerprint density at radius 2 is 2.06 bits per heavy atom. The Balaban J connectivity index is 2.59. The van der Waals surface area contributed by atoms with Crippen LogP contribution in [0.15, 0.2) is 0 Å². The van der Waals surface area contributed by atoms with Crippen molar-refractivity contribution in [2.45, 2.75) is 52.0 Å². The van der Waals surface area contributed by atoms with Gasteiger partial charge in [-0.2, -0.15) is 0 Å². The van der Waals surface area contributed by atoms with Gasteiger partial charge in [0.25, 0.3) is 0 Å². The van der Waals surface area contributed by atoms with E-state index in [0.717, 1.165) is 32.0 Å². The minimum absolute atomic E-state index is 0.299. The monoisotopic (exact) mass is 242 g/mol. The fraction of sp³-hybridized carbons (Fsp3) is 1.00. The highest BCUT2D eigenvalue weighted by Gasteiger charge is 2.32. The maximum Gasteiger partial charge on any atom is 0.0443 e. The lowest BCUT2D eigenvalue weighted by atomic mass is 9.76. The van der Waals surface area contributed by atoms with Gasteiger partial charge >= 0.3 is 0 Å². The van der Waals surface area contributed by atoms with E-state index < -0.39 is 0 Å². The van der Waals surface area contributed by atoms with Crippen LogP contribution in [0.4, 0.5) is 0 Å². The van der Waals surface area contributed by atoms with E-state index in [1.54, 1.807) is 0 Å². The van der Waals surface area contributed by atoms with Crippen LogP contribution in [0.3, 0.4) is 0 Å². The third-order valence-electron chi connectivity index (χ3n) is 4.42. The van der Waals surface area contributed by atoms with E-state index in [9.17, 15) is 0 Å². The van der Waals surface area contributed by atoms with Gasteiger partial charge in [0.15, 0.2) is 0 Å². The molecule has 0 aromatic heterocycles. The Morgan fingerprint density at radius 3 is 2.59 bits per heavy atom. The summed E-state index contributed by atoms with van der Waals surface area (Å²) in [6, 6.07) is 0.648. The molecule has 0 heterocycles. The van der Waals surface area contributed by atoms with Crippen LogP contribution in [0.25, 0.3) is 0 Å². The van der Waals surface area contributed by atoms with E-state index in [-0.39, 0.29) is 0 Å². The van der Waals surface area contributed by atoms with Crippen LogP contribution in [0, 0.1) is 11.8 Å². The SMILES string of the molecule is CCC1CCC(CN)C(N(CC)CCCO)C1. The molecule has 1 aliphatic carbocycles. The zero-order chi connectivity index (χ0) is 12.7. The Morgan fingerprint density at radius 1 is 1.29 bits per heavy atom. The van der Waals surface area contributed by atoms with Gasteiger partial charge in [0, 0.05) is 19.2 Å². The maximum atomic E-state index is 8.98. The molecule has 0 amide bonds. The third-order valence-corrected chi connectivity index (χ3v) is 4.42. The molecule has 1 rings (SSSR count). The lowest BCUT2D eigenvalue weighted by Gasteiger charge is -2.42. The Hall–Kier alpha value is -0.120. The van der Waals surface area contributed by atoms with Crippen molar-refractivity contribution in [3.63, 3.8) is 0 Å². The highest BCUT2D eigenvalue weighted by molar-refractivity contribution is 4.86. The lowest BCUT2D eigenvalue weighted by Crippen LogP contribution is -2.47. The van der Waals surface area contributed by atoms with Crippen LogP contribution in [0.2, 0.25) is 0 Å². The third kappa shape index (κ3) is 4.23. The minimum Gasteiger partial charge on any atom is -0.396 e. The predicted octanol–water partition coefficient (Wildman–Crippen LogP) is 1.84. The highest BCUT2D eigenvalue weighted by Crippen LogP contribution is 2.33. The zero-order valence-corrected chi connectivity index (χ0v) is 11.6. The number of rotatable bonds is 7. The van der Waals surface area contributed by atoms with Gasteiger partial charge in [-0.1, -0.05) is 26.7 Å². The quantitative estimate of drug-likeness (QED) is 0.716. The fourth-order valence-electron chi connectivity index (χ4n) is 3.22. The topological polar surface area (TPSA) is 49.5 Å². The van der Waals surface area contributed by atoms with Crippen molar-refractivity contribution >= 4 is 0 Å². The molecular formula is C14H30N2O. The van der Waals surface area contributed by atoms with E-state index in [2.05, 4.69) is 18.7 Å². The summed E-state index contributed by atoms with van der Waals surface area (Å²) in [4.78, 5) is 2.54. The largest absolute Gasteiger partial charge is 0.396 e. The molecule has 0 saturated heterocycles. The number of nitrogens with zero attached hydrogens (tertiary/aromatic N) is 1. The van der Waals surface area contributed by atoms with Crippen molar-refractivity contribution < 1.29 is 5.11 Å². The number of aliphatic hydroxyl groups excluding tert-OH is 1. The summed E-state index contributed by atoms with van der Waals surface area (Å²) in [5, 5.41) is 8.98. The summed E-state index contributed by atoms with van der Waals surface area (Å²) in [5.74, 6) is 1.54. The second-order valence-electron chi connectivity index (χ2n) is 5.36. The van der Waals surface area contributed by atoms with Crippen molar-refractivity contribution in [2.24, 2.45) is 17.6 Å². The van der Waals surface area contributed by atoms with Crippen molar-refractivity contribution in [1.82, 2.24) is 4.90 Å². The van der Waals surface area contributed by atoms with E-state index in [1.165, 1.54) is 25.7 Å². The molecule has 3 nitrogen and oxygen atoms in total. The molecule has 1 fully saturated rings. The number of aliphatic hydroxyl groups is 1. The number of hydrogen-bond donors (Lipinski definition) is 2. The van der Waals surface area contributed by atoms with Gasteiger partial charge in [-0.25, -0.2) is 0 Å². The van der Waals surface area contributed by atoms with Crippen molar-refractivity contribution in [3.05, 3.63) is 0 Å². The normalized spacial score (nSPS) is 29.8. The van der Waals surface area contributed by atoms with Gasteiger partial charge < -0.3 is 15.7 Å². The van der Waals surface area contributed by atoms with Gasteiger partial charge in [-0.05, 0) is 44.2 Å². The van der Waals surface area contributed by atoms with E-state index in [0.29, 0.717) is 18.6 Å². The molecule has 1 aliphatic rings. The van der Waals surface area contributed by atoms with Gasteiger partial charge in [0.2, 0.25) is 0 Å². The molecule has 3 N–H and O–H groups in total. The van der Waals surface area contributed by atoms with Crippen LogP contribution in [-0.4, -0.2) is 42.3 Å². The molecule has 3 atom stereocenters. The predicted molar refractivity (Wildman–Crippen MR) is 72.9 cm³/mol. The number of hydrogen-bond acceptors (Lipinski definition) is 3. The molecule has 102 valence electrons. The molecule has 3 heteroatoms. The summed E-state index contributed by atoms with van der Waals surface area (Å²) in [6.45, 7) is 7.74. The first-order chi connectivity index (χ1) is 8.26. The molecule has 0 bridgehead atoms. The first-order valence-corrected chi connectivity index (χ1v) is 7.31. The summed E-state index contributed by atoms with van der Waals surface area (Å²) in [7, 11) is 0. The molecule has 0 aromatic rings. The molecule has 1 saturated carbocycles. The summed E-state index contributed by atoms with van der Waals surface area (Å²) >= 11 is 0. The van der Waals surface area contributed by atoms with Gasteiger partial charge in [0.05, 0.1) is 0 Å². The molecule has 17 heavy (non-hydrogen) atoms. The second kappa shape index (κ2) is 8.06. The molecular weight excluding hydrogens is 212 g/mol. The second-order valence-corrected chi connectivity index (χ2v) is 5.36. The average Bonchev–Trinajstić information content (AvgIpc) is 2.39. The van der Waals surface area contributed by atoms with Gasteiger partial charge in [-0.15, -0.1) is 0 Å². The van der Waals surface area contributed by atoms with Gasteiger partial charge in [0.1, 0.15) is 0 Å². The Labute approximate surface area is 106 Å². The van der Waals surface area contributed by atoms with Crippen LogP contribution in [0.1, 0.15) is 46.0 Å². The average molecular weight is 242 g/mol. The van der Waals surface area contributed by atoms with E-state index in [4.69, 9.17) is 10.8 Å². The zero-order valence-electron chi connectivity index (χ0n) is 11.6. The van der Waals surface area contributed by atoms with E-state index in [1.807, 2.05) is 0 Å². The van der Waals surface area contributed by atoms with Crippen LogP contribution < -0.4 is 5.73 Å². The minimum atomic E-state index is 0.299. The lowest BCUT2D eigenvalue weighted by molar-refractivity contribution is 0.0789. The summed E-state index contributed by atoms with van der Waals surface area (Å²) < 4.78 is 0. The molecule has 0 spiro atoms. The standard InChI is InChI=1S/C14H30N2O/c1-3-12-6-7-13(11-15)14(10-12)16(4-2)8-5-9-17/h12-14,17H,3-11,15H2,1-2H3. The highest BCUT2D eigenvalue weighted by atomic mass is 16.3. The Kier molecular flexibility index (Phi) is 7.09.